The highest BCUT2D eigenvalue weighted by Gasteiger charge is 2.12. The molecule has 0 saturated heterocycles. The van der Waals surface area contributed by atoms with Gasteiger partial charge in [-0.05, 0) is 51.8 Å². The van der Waals surface area contributed by atoms with Gasteiger partial charge in [-0.25, -0.2) is 4.68 Å². The summed E-state index contributed by atoms with van der Waals surface area (Å²) in [5.74, 6) is 0.367. The molecule has 0 aliphatic heterocycles. The first kappa shape index (κ1) is 21.6. The van der Waals surface area contributed by atoms with Crippen LogP contribution in [-0.4, -0.2) is 29.7 Å². The molecule has 3 aromatic rings. The minimum Gasteiger partial charge on any atom is -0.503 e. The summed E-state index contributed by atoms with van der Waals surface area (Å²) in [5.41, 5.74) is 2.23. The summed E-state index contributed by atoms with van der Waals surface area (Å²) in [7, 11) is 1.49. The van der Waals surface area contributed by atoms with Gasteiger partial charge in [-0.2, -0.15) is 5.10 Å². The van der Waals surface area contributed by atoms with Gasteiger partial charge in [0.05, 0.1) is 35.1 Å². The highest BCUT2D eigenvalue weighted by molar-refractivity contribution is 9.10. The smallest absolute Gasteiger partial charge is 0.206 e. The number of aromatic nitrogens is 1. The van der Waals surface area contributed by atoms with E-state index in [4.69, 9.17) is 27.9 Å². The van der Waals surface area contributed by atoms with Gasteiger partial charge in [0.25, 0.3) is 0 Å². The number of phenols is 1. The van der Waals surface area contributed by atoms with Crippen molar-refractivity contribution >= 4 is 56.7 Å². The lowest BCUT2D eigenvalue weighted by Gasteiger charge is -2.08. The van der Waals surface area contributed by atoms with E-state index in [1.807, 2.05) is 5.38 Å². The number of rotatable bonds is 6. The van der Waals surface area contributed by atoms with Gasteiger partial charge in [-0.15, -0.1) is 17.9 Å². The molecule has 0 unspecified atom stereocenters. The largest absolute Gasteiger partial charge is 0.503 e. The van der Waals surface area contributed by atoms with Crippen molar-refractivity contribution in [3.8, 4) is 22.8 Å². The van der Waals surface area contributed by atoms with Crippen molar-refractivity contribution in [3.63, 3.8) is 0 Å². The third-order valence-corrected chi connectivity index (χ3v) is 5.86. The number of halogens is 3. The number of hydrogen-bond donors (Lipinski definition) is 1. The van der Waals surface area contributed by atoms with Crippen molar-refractivity contribution in [3.05, 3.63) is 73.2 Å². The van der Waals surface area contributed by atoms with E-state index in [2.05, 4.69) is 32.6 Å². The van der Waals surface area contributed by atoms with Crippen LogP contribution in [0.1, 0.15) is 5.56 Å². The molecule has 3 rings (SSSR count). The molecule has 0 aliphatic carbocycles. The van der Waals surface area contributed by atoms with Crippen molar-refractivity contribution in [2.75, 3.05) is 13.7 Å². The van der Waals surface area contributed by atoms with E-state index in [0.29, 0.717) is 31.6 Å². The van der Waals surface area contributed by atoms with Gasteiger partial charge < -0.3 is 9.84 Å². The lowest BCUT2D eigenvalue weighted by Crippen LogP contribution is -2.12. The van der Waals surface area contributed by atoms with Crippen LogP contribution in [0.2, 0.25) is 10.0 Å². The summed E-state index contributed by atoms with van der Waals surface area (Å²) in [4.78, 5) is 5.18. The highest BCUT2D eigenvalue weighted by Crippen LogP contribution is 2.35. The molecule has 1 N–H and O–H groups in total. The van der Waals surface area contributed by atoms with E-state index in [9.17, 15) is 5.11 Å². The number of aromatic hydroxyl groups is 1. The maximum Gasteiger partial charge on any atom is 0.206 e. The Hall–Kier alpha value is -2.06. The molecule has 1 aromatic heterocycles. The van der Waals surface area contributed by atoms with Crippen LogP contribution in [0.3, 0.4) is 0 Å². The third kappa shape index (κ3) is 4.93. The number of benzene rings is 2. The average Bonchev–Trinajstić information content (AvgIpc) is 3.11. The van der Waals surface area contributed by atoms with Crippen LogP contribution in [-0.2, 0) is 0 Å². The van der Waals surface area contributed by atoms with E-state index in [1.165, 1.54) is 18.4 Å². The monoisotopic (exact) mass is 511 g/mol. The van der Waals surface area contributed by atoms with E-state index in [0.717, 1.165) is 16.8 Å². The van der Waals surface area contributed by atoms with E-state index in [-0.39, 0.29) is 5.75 Å². The molecule has 2 aromatic carbocycles. The molecule has 0 amide bonds. The van der Waals surface area contributed by atoms with Crippen LogP contribution in [0.25, 0.3) is 11.3 Å². The molecule has 0 saturated carbocycles. The molecule has 5 nitrogen and oxygen atoms in total. The first-order valence-corrected chi connectivity index (χ1v) is 10.8. The lowest BCUT2D eigenvalue weighted by atomic mass is 10.2. The Labute approximate surface area is 190 Å². The molecule has 0 spiro atoms. The molecule has 150 valence electrons. The molecule has 0 fully saturated rings. The van der Waals surface area contributed by atoms with Crippen LogP contribution in [0.15, 0.2) is 62.9 Å². The van der Waals surface area contributed by atoms with Crippen molar-refractivity contribution in [1.82, 2.24) is 4.68 Å². The fourth-order valence-electron chi connectivity index (χ4n) is 2.49. The maximum absolute atomic E-state index is 9.99. The predicted octanol–water partition coefficient (Wildman–Crippen LogP) is 5.97. The average molecular weight is 513 g/mol. The Morgan fingerprint density at radius 3 is 2.83 bits per heavy atom. The Morgan fingerprint density at radius 2 is 2.10 bits per heavy atom. The minimum absolute atomic E-state index is 0.0286. The summed E-state index contributed by atoms with van der Waals surface area (Å²) >= 11 is 17.3. The first-order chi connectivity index (χ1) is 13.9. The minimum atomic E-state index is 0.0286. The predicted molar refractivity (Wildman–Crippen MR) is 124 cm³/mol. The third-order valence-electron chi connectivity index (χ3n) is 3.84. The van der Waals surface area contributed by atoms with Gasteiger partial charge in [0.2, 0.25) is 4.80 Å². The van der Waals surface area contributed by atoms with Crippen LogP contribution in [0, 0.1) is 0 Å². The highest BCUT2D eigenvalue weighted by atomic mass is 79.9. The second kappa shape index (κ2) is 9.63. The van der Waals surface area contributed by atoms with E-state index in [1.54, 1.807) is 47.3 Å². The number of hydrogen-bond acceptors (Lipinski definition) is 5. The Balaban J connectivity index is 2.14. The Bertz CT molecular complexity index is 1160. The molecule has 1 heterocycles. The van der Waals surface area contributed by atoms with E-state index >= 15 is 0 Å². The van der Waals surface area contributed by atoms with Crippen molar-refractivity contribution in [2.45, 2.75) is 0 Å². The summed E-state index contributed by atoms with van der Waals surface area (Å²) < 4.78 is 7.39. The summed E-state index contributed by atoms with van der Waals surface area (Å²) in [6.07, 6.45) is 3.36. The molecule has 0 atom stereocenters. The Kier molecular flexibility index (Phi) is 7.18. The zero-order valence-corrected chi connectivity index (χ0v) is 19.2. The lowest BCUT2D eigenvalue weighted by molar-refractivity contribution is 0.372. The summed E-state index contributed by atoms with van der Waals surface area (Å²) in [6.45, 7) is 4.16. The zero-order valence-electron chi connectivity index (χ0n) is 15.3. The second-order valence-electron chi connectivity index (χ2n) is 5.77. The number of nitrogens with zero attached hydrogens (tertiary/aromatic N) is 3. The molecule has 0 aliphatic rings. The van der Waals surface area contributed by atoms with Crippen LogP contribution in [0.5, 0.6) is 11.5 Å². The van der Waals surface area contributed by atoms with Crippen LogP contribution >= 0.6 is 50.5 Å². The molecule has 0 radical (unpaired) electrons. The zero-order chi connectivity index (χ0) is 21.0. The fraction of sp³-hybridized carbons (Fsp3) is 0.100. The normalized spacial score (nSPS) is 11.9. The standard InChI is InChI=1S/C20H16BrCl2N3O2S/c1-3-6-24-20-26(17(11-29-20)14-9-13(22)4-5-16(14)23)25-10-12-7-15(21)19(27)18(8-12)28-2/h3-5,7-11,27H,1,6H2,2H3. The number of thiazole rings is 1. The van der Waals surface area contributed by atoms with Crippen molar-refractivity contribution in [2.24, 2.45) is 10.1 Å². The van der Waals surface area contributed by atoms with Crippen molar-refractivity contribution in [1.29, 1.82) is 0 Å². The second-order valence-corrected chi connectivity index (χ2v) is 8.30. The molecular weight excluding hydrogens is 497 g/mol. The summed E-state index contributed by atoms with van der Waals surface area (Å²) in [6, 6.07) is 8.68. The fourth-order valence-corrected chi connectivity index (χ4v) is 4.17. The van der Waals surface area contributed by atoms with Gasteiger partial charge >= 0.3 is 0 Å². The van der Waals surface area contributed by atoms with Gasteiger partial charge in [-0.3, -0.25) is 4.99 Å². The van der Waals surface area contributed by atoms with Gasteiger partial charge in [0.1, 0.15) is 0 Å². The van der Waals surface area contributed by atoms with Crippen LogP contribution in [0.4, 0.5) is 0 Å². The SMILES string of the molecule is C=CCN=c1scc(-c2cc(Cl)ccc2Cl)n1N=Cc1cc(Br)c(O)c(OC)c1. The van der Waals surface area contributed by atoms with E-state index < -0.39 is 0 Å². The van der Waals surface area contributed by atoms with Crippen LogP contribution < -0.4 is 9.54 Å². The van der Waals surface area contributed by atoms with Gasteiger partial charge in [0, 0.05) is 16.0 Å². The van der Waals surface area contributed by atoms with Crippen molar-refractivity contribution < 1.29 is 9.84 Å². The Morgan fingerprint density at radius 1 is 1.31 bits per heavy atom. The number of methoxy groups -OCH3 is 1. The first-order valence-electron chi connectivity index (χ1n) is 8.32. The summed E-state index contributed by atoms with van der Waals surface area (Å²) in [5, 5.41) is 17.6. The number of phenolic OH excluding ortho intramolecular Hbond substituents is 1. The maximum atomic E-state index is 9.99. The number of ether oxygens (including phenoxy) is 1. The molecule has 9 heteroatoms. The van der Waals surface area contributed by atoms with Gasteiger partial charge in [0.15, 0.2) is 11.5 Å². The molecular formula is C20H16BrCl2N3O2S. The molecule has 0 bridgehead atoms. The molecule has 29 heavy (non-hydrogen) atoms. The van der Waals surface area contributed by atoms with Gasteiger partial charge in [-0.1, -0.05) is 29.3 Å². The quantitative estimate of drug-likeness (QED) is 0.326. The topological polar surface area (TPSA) is 59.1 Å².